The van der Waals surface area contributed by atoms with E-state index in [9.17, 15) is 4.79 Å². The average molecular weight is 258 g/mol. The van der Waals surface area contributed by atoms with Crippen molar-refractivity contribution in [3.8, 4) is 0 Å². The fraction of sp³-hybridized carbons (Fsp3) is 0.333. The minimum atomic E-state index is -0.510. The summed E-state index contributed by atoms with van der Waals surface area (Å²) in [6.45, 7) is 2.78. The topological polar surface area (TPSA) is 68.6 Å². The van der Waals surface area contributed by atoms with E-state index in [4.69, 9.17) is 10.2 Å². The van der Waals surface area contributed by atoms with Gasteiger partial charge in [-0.25, -0.2) is 0 Å². The molecule has 0 aliphatic heterocycles. The van der Waals surface area contributed by atoms with Crippen molar-refractivity contribution >= 4 is 16.9 Å². The quantitative estimate of drug-likeness (QED) is 0.837. The van der Waals surface area contributed by atoms with E-state index in [0.717, 1.165) is 24.6 Å². The lowest BCUT2D eigenvalue weighted by Crippen LogP contribution is -2.22. The third kappa shape index (κ3) is 3.22. The molecule has 0 radical (unpaired) electrons. The van der Waals surface area contributed by atoms with E-state index in [-0.39, 0.29) is 0 Å². The Kier molecular flexibility index (Phi) is 4.34. The number of amides is 1. The highest BCUT2D eigenvalue weighted by molar-refractivity contribution is 5.95. The number of carbonyl (C=O) groups is 1. The summed E-state index contributed by atoms with van der Waals surface area (Å²) in [6, 6.07) is 9.24. The summed E-state index contributed by atoms with van der Waals surface area (Å²) >= 11 is 0. The van der Waals surface area contributed by atoms with E-state index < -0.39 is 5.91 Å². The number of nitrogens with zero attached hydrogens (tertiary/aromatic N) is 1. The first-order valence-corrected chi connectivity index (χ1v) is 6.55. The maximum absolute atomic E-state index is 11.5. The molecule has 1 amide bonds. The van der Waals surface area contributed by atoms with E-state index in [1.807, 2.05) is 24.3 Å². The molecule has 19 heavy (non-hydrogen) atoms. The molecule has 4 nitrogen and oxygen atoms in total. The Morgan fingerprint density at radius 1 is 1.32 bits per heavy atom. The van der Waals surface area contributed by atoms with Gasteiger partial charge >= 0.3 is 0 Å². The SMILES string of the molecule is CCCCCN=c1oc2ccccc2cc1C(N)=O. The van der Waals surface area contributed by atoms with Crippen molar-refractivity contribution in [2.75, 3.05) is 6.54 Å². The van der Waals surface area contributed by atoms with Crippen molar-refractivity contribution < 1.29 is 9.21 Å². The van der Waals surface area contributed by atoms with Gasteiger partial charge < -0.3 is 10.2 Å². The molecule has 100 valence electrons. The van der Waals surface area contributed by atoms with E-state index >= 15 is 0 Å². The minimum Gasteiger partial charge on any atom is -0.438 e. The van der Waals surface area contributed by atoms with Crippen molar-refractivity contribution in [1.29, 1.82) is 0 Å². The van der Waals surface area contributed by atoms with Crippen molar-refractivity contribution in [3.05, 3.63) is 41.4 Å². The summed E-state index contributed by atoms with van der Waals surface area (Å²) in [5.74, 6) is -0.510. The number of unbranched alkanes of at least 4 members (excludes halogenated alkanes) is 2. The van der Waals surface area contributed by atoms with Gasteiger partial charge in [-0.3, -0.25) is 9.79 Å². The number of nitrogens with two attached hydrogens (primary N) is 1. The first-order valence-electron chi connectivity index (χ1n) is 6.55. The number of benzene rings is 1. The molecule has 2 aromatic rings. The van der Waals surface area contributed by atoms with Crippen LogP contribution in [0.25, 0.3) is 11.0 Å². The van der Waals surface area contributed by atoms with E-state index in [0.29, 0.717) is 23.2 Å². The van der Waals surface area contributed by atoms with Crippen LogP contribution in [0.1, 0.15) is 36.5 Å². The smallest absolute Gasteiger partial charge is 0.254 e. The van der Waals surface area contributed by atoms with Gasteiger partial charge in [0.2, 0.25) is 5.55 Å². The van der Waals surface area contributed by atoms with Crippen LogP contribution in [0.5, 0.6) is 0 Å². The molecule has 0 saturated heterocycles. The molecule has 0 fully saturated rings. The second-order valence-corrected chi connectivity index (χ2v) is 4.46. The van der Waals surface area contributed by atoms with Crippen LogP contribution in [0, 0.1) is 0 Å². The maximum Gasteiger partial charge on any atom is 0.254 e. The maximum atomic E-state index is 11.5. The lowest BCUT2D eigenvalue weighted by atomic mass is 10.2. The number of fused-ring (bicyclic) bond motifs is 1. The van der Waals surface area contributed by atoms with Crippen LogP contribution in [0.2, 0.25) is 0 Å². The first kappa shape index (κ1) is 13.3. The molecule has 0 unspecified atom stereocenters. The van der Waals surface area contributed by atoms with Crippen LogP contribution in [0.15, 0.2) is 39.7 Å². The van der Waals surface area contributed by atoms with Crippen LogP contribution in [-0.4, -0.2) is 12.5 Å². The molecule has 0 aliphatic carbocycles. The molecule has 0 aliphatic rings. The van der Waals surface area contributed by atoms with E-state index in [1.54, 1.807) is 6.07 Å². The fourth-order valence-electron chi connectivity index (χ4n) is 1.91. The monoisotopic (exact) mass is 258 g/mol. The largest absolute Gasteiger partial charge is 0.438 e. The molecular formula is C15H18N2O2. The van der Waals surface area contributed by atoms with Crippen LogP contribution in [-0.2, 0) is 0 Å². The zero-order valence-corrected chi connectivity index (χ0v) is 11.1. The Morgan fingerprint density at radius 3 is 2.84 bits per heavy atom. The summed E-state index contributed by atoms with van der Waals surface area (Å²) in [5, 5.41) is 0.851. The Hall–Kier alpha value is -2.10. The van der Waals surface area contributed by atoms with E-state index in [2.05, 4.69) is 11.9 Å². The third-order valence-corrected chi connectivity index (χ3v) is 2.94. The number of para-hydroxylation sites is 1. The van der Waals surface area contributed by atoms with Gasteiger partial charge in [0.25, 0.3) is 5.91 Å². The molecule has 2 rings (SSSR count). The van der Waals surface area contributed by atoms with Gasteiger partial charge in [0.05, 0.1) is 0 Å². The van der Waals surface area contributed by atoms with Crippen LogP contribution in [0.4, 0.5) is 0 Å². The minimum absolute atomic E-state index is 0.335. The predicted octanol–water partition coefficient (Wildman–Crippen LogP) is 2.62. The summed E-state index contributed by atoms with van der Waals surface area (Å²) in [7, 11) is 0. The summed E-state index contributed by atoms with van der Waals surface area (Å²) in [6.07, 6.45) is 3.23. The van der Waals surface area contributed by atoms with Crippen molar-refractivity contribution in [3.63, 3.8) is 0 Å². The second kappa shape index (κ2) is 6.18. The number of carbonyl (C=O) groups excluding carboxylic acids is 1. The van der Waals surface area contributed by atoms with Gasteiger partial charge in [0.1, 0.15) is 11.1 Å². The molecular weight excluding hydrogens is 240 g/mol. The first-order chi connectivity index (χ1) is 9.22. The zero-order valence-electron chi connectivity index (χ0n) is 11.1. The molecule has 0 atom stereocenters. The molecule has 1 heterocycles. The lowest BCUT2D eigenvalue weighted by molar-refractivity contribution is 0.0996. The third-order valence-electron chi connectivity index (χ3n) is 2.94. The van der Waals surface area contributed by atoms with Gasteiger partial charge in [0, 0.05) is 11.9 Å². The van der Waals surface area contributed by atoms with Gasteiger partial charge in [-0.15, -0.1) is 0 Å². The molecule has 0 saturated carbocycles. The van der Waals surface area contributed by atoms with E-state index in [1.165, 1.54) is 0 Å². The van der Waals surface area contributed by atoms with Gasteiger partial charge in [0.15, 0.2) is 0 Å². The molecule has 1 aromatic heterocycles. The highest BCUT2D eigenvalue weighted by Crippen LogP contribution is 2.12. The fourth-order valence-corrected chi connectivity index (χ4v) is 1.91. The number of rotatable bonds is 5. The normalized spacial score (nSPS) is 11.9. The summed E-state index contributed by atoms with van der Waals surface area (Å²) in [5.41, 5.74) is 6.77. The molecule has 4 heteroatoms. The molecule has 0 bridgehead atoms. The van der Waals surface area contributed by atoms with Crippen LogP contribution in [0.3, 0.4) is 0 Å². The summed E-state index contributed by atoms with van der Waals surface area (Å²) < 4.78 is 5.67. The zero-order chi connectivity index (χ0) is 13.7. The Labute approximate surface area is 112 Å². The standard InChI is InChI=1S/C15H18N2O2/c1-2-3-6-9-17-15-12(14(16)18)10-11-7-4-5-8-13(11)19-15/h4-5,7-8,10H,2-3,6,9H2,1H3,(H2,16,18). The lowest BCUT2D eigenvalue weighted by Gasteiger charge is -2.01. The van der Waals surface area contributed by atoms with Gasteiger partial charge in [-0.1, -0.05) is 38.0 Å². The van der Waals surface area contributed by atoms with Gasteiger partial charge in [-0.2, -0.15) is 0 Å². The van der Waals surface area contributed by atoms with Crippen LogP contribution >= 0.6 is 0 Å². The molecule has 1 aromatic carbocycles. The van der Waals surface area contributed by atoms with Crippen molar-refractivity contribution in [1.82, 2.24) is 0 Å². The predicted molar refractivity (Wildman–Crippen MR) is 74.7 cm³/mol. The Balaban J connectivity index is 2.44. The van der Waals surface area contributed by atoms with Gasteiger partial charge in [-0.05, 0) is 18.6 Å². The van der Waals surface area contributed by atoms with Crippen molar-refractivity contribution in [2.24, 2.45) is 10.7 Å². The molecule has 2 N–H and O–H groups in total. The highest BCUT2D eigenvalue weighted by Gasteiger charge is 2.08. The number of hydrogen-bond acceptors (Lipinski definition) is 3. The second-order valence-electron chi connectivity index (χ2n) is 4.46. The van der Waals surface area contributed by atoms with Crippen LogP contribution < -0.4 is 11.3 Å². The Bertz CT molecular complexity index is 644. The number of hydrogen-bond donors (Lipinski definition) is 1. The summed E-state index contributed by atoms with van der Waals surface area (Å²) in [4.78, 5) is 15.8. The van der Waals surface area contributed by atoms with Crippen molar-refractivity contribution in [2.45, 2.75) is 26.2 Å². The number of primary amides is 1. The average Bonchev–Trinajstić information content (AvgIpc) is 2.42. The highest BCUT2D eigenvalue weighted by atomic mass is 16.3. The Morgan fingerprint density at radius 2 is 2.11 bits per heavy atom. The molecule has 0 spiro atoms.